The summed E-state index contributed by atoms with van der Waals surface area (Å²) in [4.78, 5) is 54.1. The number of rotatable bonds is 30. The number of carboxylic acids is 1. The molecule has 1 amide bonds. The monoisotopic (exact) mass is 827 g/mol. The number of unbranched alkanes of at least 4 members (excludes halogenated alkanes) is 11. The number of aliphatic hydroxyl groups excluding tert-OH is 2. The molecule has 2 heterocycles. The Kier molecular flexibility index (Phi) is 23.7. The molecule has 1 aliphatic rings. The molecule has 1 aliphatic heterocycles. The van der Waals surface area contributed by atoms with Crippen LogP contribution in [0.2, 0.25) is 0 Å². The number of anilines is 1. The van der Waals surface area contributed by atoms with Gasteiger partial charge in [-0.05, 0) is 62.8 Å². The molecule has 0 spiro atoms. The van der Waals surface area contributed by atoms with E-state index in [9.17, 15) is 39.1 Å². The highest BCUT2D eigenvalue weighted by molar-refractivity contribution is 7.54. The Bertz CT molecular complexity index is 1490. The zero-order valence-electron chi connectivity index (χ0n) is 34.9. The molecule has 1 fully saturated rings. The Morgan fingerprint density at radius 1 is 0.895 bits per heavy atom. The normalized spacial score (nSPS) is 20.5. The van der Waals surface area contributed by atoms with Gasteiger partial charge in [0, 0.05) is 12.6 Å². The van der Waals surface area contributed by atoms with Gasteiger partial charge in [-0.1, -0.05) is 98.1 Å². The summed E-state index contributed by atoms with van der Waals surface area (Å²) in [7, 11) is -3.22. The number of nitrogens with zero attached hydrogens (tertiary/aromatic N) is 2. The standard InChI is InChI=1S/C40H70N5O11P/c1-7-8-9-10-11-12-13-14-15-16-17-18-19-20-21-22-34(46)41-33-23-24-45(40(52)42-33)37-36(48)35(47)32(56-37)27-55-57(53,43-30(38(49)50)25-28(2)3)44-31(26-29(4)5)39(51)54-6/h14-15,23-24,28-32,35-37,47-48H,7-13,16-22,25-27H2,1-6H3,(H,49,50)(H2,43,44,53)(H,41,42,46,52)/b15-14+/t30-,31-,32+,35+,36-,37+,57?/m0/s1. The van der Waals surface area contributed by atoms with Crippen LogP contribution in [-0.2, 0) is 32.9 Å². The zero-order chi connectivity index (χ0) is 42.4. The van der Waals surface area contributed by atoms with Crippen LogP contribution in [0.3, 0.4) is 0 Å². The minimum absolute atomic E-state index is 0.0240. The molecule has 1 unspecified atom stereocenters. The fourth-order valence-electron chi connectivity index (χ4n) is 6.53. The molecular weight excluding hydrogens is 757 g/mol. The van der Waals surface area contributed by atoms with E-state index < -0.39 is 68.5 Å². The molecule has 1 saturated heterocycles. The molecule has 2 rings (SSSR count). The summed E-state index contributed by atoms with van der Waals surface area (Å²) in [6, 6.07) is -1.10. The van der Waals surface area contributed by atoms with Crippen molar-refractivity contribution in [2.45, 2.75) is 174 Å². The number of nitrogens with one attached hydrogen (secondary N) is 3. The Labute approximate surface area is 338 Å². The van der Waals surface area contributed by atoms with Crippen molar-refractivity contribution in [2.75, 3.05) is 19.0 Å². The topological polar surface area (TPSA) is 228 Å². The van der Waals surface area contributed by atoms with Crippen LogP contribution in [0.5, 0.6) is 0 Å². The van der Waals surface area contributed by atoms with E-state index in [4.69, 9.17) is 14.0 Å². The second-order valence-corrected chi connectivity index (χ2v) is 17.6. The number of esters is 1. The predicted molar refractivity (Wildman–Crippen MR) is 218 cm³/mol. The first-order valence-electron chi connectivity index (χ1n) is 20.8. The first-order chi connectivity index (χ1) is 27.1. The Morgan fingerprint density at radius 3 is 2.02 bits per heavy atom. The van der Waals surface area contributed by atoms with Crippen molar-refractivity contribution in [3.63, 3.8) is 0 Å². The van der Waals surface area contributed by atoms with Crippen LogP contribution in [0.15, 0.2) is 29.2 Å². The quantitative estimate of drug-likeness (QED) is 0.0219. The molecule has 326 valence electrons. The number of methoxy groups -OCH3 is 1. The lowest BCUT2D eigenvalue weighted by Crippen LogP contribution is -2.45. The van der Waals surface area contributed by atoms with Crippen molar-refractivity contribution >= 4 is 31.3 Å². The van der Waals surface area contributed by atoms with Gasteiger partial charge in [-0.2, -0.15) is 4.98 Å². The Morgan fingerprint density at radius 2 is 1.46 bits per heavy atom. The van der Waals surface area contributed by atoms with Crippen LogP contribution in [0.4, 0.5) is 5.82 Å². The number of ether oxygens (including phenoxy) is 2. The van der Waals surface area contributed by atoms with Gasteiger partial charge in [-0.25, -0.2) is 15.0 Å². The van der Waals surface area contributed by atoms with Gasteiger partial charge < -0.3 is 34.6 Å². The molecule has 6 N–H and O–H groups in total. The van der Waals surface area contributed by atoms with E-state index in [0.29, 0.717) is 6.42 Å². The molecular formula is C40H70N5O11P. The number of hydrogen-bond acceptors (Lipinski definition) is 11. The molecule has 0 aliphatic carbocycles. The highest BCUT2D eigenvalue weighted by Gasteiger charge is 2.46. The van der Waals surface area contributed by atoms with E-state index in [-0.39, 0.29) is 42.8 Å². The zero-order valence-corrected chi connectivity index (χ0v) is 35.8. The van der Waals surface area contributed by atoms with Gasteiger partial charge in [-0.3, -0.25) is 23.5 Å². The lowest BCUT2D eigenvalue weighted by atomic mass is 10.1. The Balaban J connectivity index is 1.92. The number of aromatic nitrogens is 2. The number of hydrogen-bond donors (Lipinski definition) is 6. The van der Waals surface area contributed by atoms with Gasteiger partial charge >= 0.3 is 25.3 Å². The smallest absolute Gasteiger partial charge is 0.351 e. The minimum atomic E-state index is -4.39. The second-order valence-electron chi connectivity index (χ2n) is 15.8. The van der Waals surface area contributed by atoms with E-state index in [1.807, 2.05) is 13.8 Å². The van der Waals surface area contributed by atoms with Crippen LogP contribution >= 0.6 is 7.67 Å². The van der Waals surface area contributed by atoms with E-state index in [1.165, 1.54) is 50.8 Å². The highest BCUT2D eigenvalue weighted by atomic mass is 31.2. The van der Waals surface area contributed by atoms with Crippen LogP contribution in [0.25, 0.3) is 0 Å². The molecule has 0 bridgehead atoms. The second kappa shape index (κ2) is 26.9. The summed E-state index contributed by atoms with van der Waals surface area (Å²) >= 11 is 0. The Hall–Kier alpha value is -2.98. The average molecular weight is 828 g/mol. The van der Waals surface area contributed by atoms with Crippen LogP contribution in [0, 0.1) is 11.8 Å². The highest BCUT2D eigenvalue weighted by Crippen LogP contribution is 2.42. The molecule has 0 aromatic carbocycles. The van der Waals surface area contributed by atoms with Gasteiger partial charge in [0.1, 0.15) is 36.2 Å². The van der Waals surface area contributed by atoms with Gasteiger partial charge in [0.2, 0.25) is 5.91 Å². The van der Waals surface area contributed by atoms with E-state index in [2.05, 4.69) is 39.6 Å². The van der Waals surface area contributed by atoms with Crippen LogP contribution in [0.1, 0.15) is 144 Å². The largest absolute Gasteiger partial charge is 0.480 e. The number of carbonyl (C=O) groups excluding carboxylic acids is 2. The molecule has 1 aromatic heterocycles. The van der Waals surface area contributed by atoms with Crippen molar-refractivity contribution in [1.29, 1.82) is 0 Å². The average Bonchev–Trinajstić information content (AvgIpc) is 3.43. The van der Waals surface area contributed by atoms with E-state index in [1.54, 1.807) is 13.8 Å². The fraction of sp³-hybridized carbons (Fsp3) is 0.775. The van der Waals surface area contributed by atoms with Crippen molar-refractivity contribution < 1.29 is 48.3 Å². The summed E-state index contributed by atoms with van der Waals surface area (Å²) in [5, 5.41) is 39.3. The fourth-order valence-corrected chi connectivity index (χ4v) is 8.36. The van der Waals surface area contributed by atoms with Crippen molar-refractivity contribution in [3.8, 4) is 0 Å². The summed E-state index contributed by atoms with van der Waals surface area (Å²) in [6.07, 6.45) is 15.3. The van der Waals surface area contributed by atoms with Crippen molar-refractivity contribution in [3.05, 3.63) is 34.9 Å². The lowest BCUT2D eigenvalue weighted by molar-refractivity contribution is -0.143. The SMILES string of the molecule is CCCCCCCC/C=C/CCCCCCCC(=O)Nc1ccn([C@@H]2O[C@H](COP(=O)(N[C@@H](CC(C)C)C(=O)O)N[C@@H](CC(C)C)C(=O)OC)[C@@H](O)[C@@H]2O)c(=O)n1. The van der Waals surface area contributed by atoms with Crippen LogP contribution in [-0.4, -0.2) is 86.8 Å². The van der Waals surface area contributed by atoms with E-state index >= 15 is 0 Å². The number of aliphatic carboxylic acids is 1. The number of amides is 1. The molecule has 16 nitrogen and oxygen atoms in total. The van der Waals surface area contributed by atoms with Gasteiger partial charge in [0.25, 0.3) is 0 Å². The maximum atomic E-state index is 14.2. The predicted octanol–water partition coefficient (Wildman–Crippen LogP) is 6.23. The van der Waals surface area contributed by atoms with Gasteiger partial charge in [-0.15, -0.1) is 0 Å². The number of aliphatic hydroxyl groups is 2. The number of carbonyl (C=O) groups is 3. The summed E-state index contributed by atoms with van der Waals surface area (Å²) in [6.45, 7) is 8.83. The van der Waals surface area contributed by atoms with Gasteiger partial charge in [0.15, 0.2) is 6.23 Å². The number of carboxylic acid groups (broad SMARTS) is 1. The maximum absolute atomic E-state index is 14.2. The summed E-state index contributed by atoms with van der Waals surface area (Å²) in [5.41, 5.74) is -0.867. The lowest BCUT2D eigenvalue weighted by Gasteiger charge is -2.29. The first kappa shape index (κ1) is 50.2. The molecule has 1 aromatic rings. The first-order valence-corrected chi connectivity index (χ1v) is 22.4. The molecule has 0 radical (unpaired) electrons. The molecule has 57 heavy (non-hydrogen) atoms. The van der Waals surface area contributed by atoms with Gasteiger partial charge in [0.05, 0.1) is 13.7 Å². The van der Waals surface area contributed by atoms with Crippen molar-refractivity contribution in [2.24, 2.45) is 11.8 Å². The third-order valence-electron chi connectivity index (χ3n) is 9.64. The minimum Gasteiger partial charge on any atom is -0.480 e. The summed E-state index contributed by atoms with van der Waals surface area (Å²) in [5.74, 6) is -2.47. The van der Waals surface area contributed by atoms with E-state index in [0.717, 1.165) is 50.2 Å². The third kappa shape index (κ3) is 19.1. The molecule has 7 atom stereocenters. The van der Waals surface area contributed by atoms with Crippen molar-refractivity contribution in [1.82, 2.24) is 19.7 Å². The molecule has 17 heteroatoms. The van der Waals surface area contributed by atoms with Crippen LogP contribution < -0.4 is 21.2 Å². The maximum Gasteiger partial charge on any atom is 0.351 e. The third-order valence-corrected chi connectivity index (χ3v) is 11.5. The summed E-state index contributed by atoms with van der Waals surface area (Å²) < 4.78 is 31.5. The molecule has 0 saturated carbocycles. The number of allylic oxidation sites excluding steroid dienone is 2.